The number of fused-ring (bicyclic) bond motifs is 1. The lowest BCUT2D eigenvalue weighted by Crippen LogP contribution is -2.52. The van der Waals surface area contributed by atoms with Crippen LogP contribution in [0.3, 0.4) is 0 Å². The molecule has 7 nitrogen and oxygen atoms in total. The zero-order valence-corrected chi connectivity index (χ0v) is 19.7. The van der Waals surface area contributed by atoms with Crippen molar-refractivity contribution in [2.75, 3.05) is 44.2 Å². The van der Waals surface area contributed by atoms with E-state index in [1.54, 1.807) is 18.5 Å². The molecule has 2 unspecified atom stereocenters. The largest absolute Gasteiger partial charge is 0.352 e. The fourth-order valence-corrected chi connectivity index (χ4v) is 5.10. The second kappa shape index (κ2) is 9.43. The van der Waals surface area contributed by atoms with Crippen molar-refractivity contribution in [3.8, 4) is 0 Å². The zero-order chi connectivity index (χ0) is 22.9. The molecule has 0 bridgehead atoms. The van der Waals surface area contributed by atoms with Crippen molar-refractivity contribution in [3.05, 3.63) is 64.4 Å². The fourth-order valence-electron chi connectivity index (χ4n) is 4.80. The van der Waals surface area contributed by atoms with Gasteiger partial charge in [-0.3, -0.25) is 9.69 Å². The van der Waals surface area contributed by atoms with Crippen LogP contribution >= 0.6 is 23.2 Å². The monoisotopic (exact) mass is 484 g/mol. The summed E-state index contributed by atoms with van der Waals surface area (Å²) in [5.41, 5.74) is 7.95. The van der Waals surface area contributed by atoms with Gasteiger partial charge in [0.2, 0.25) is 5.91 Å². The number of benzene rings is 2. The Kier molecular flexibility index (Phi) is 6.38. The van der Waals surface area contributed by atoms with Gasteiger partial charge in [0.15, 0.2) is 0 Å². The third-order valence-electron chi connectivity index (χ3n) is 6.53. The maximum Gasteiger partial charge on any atom is 0.244 e. The van der Waals surface area contributed by atoms with Crippen molar-refractivity contribution in [1.29, 1.82) is 0 Å². The van der Waals surface area contributed by atoms with Gasteiger partial charge in [-0.25, -0.2) is 9.97 Å². The molecule has 172 valence electrons. The number of nitrogens with zero attached hydrogens (tertiary/aromatic N) is 5. The second-order valence-electron chi connectivity index (χ2n) is 8.65. The Balaban J connectivity index is 1.35. The molecule has 3 heterocycles. The van der Waals surface area contributed by atoms with Crippen molar-refractivity contribution < 1.29 is 4.79 Å². The number of carbonyl (C=O) groups is 1. The third-order valence-corrected chi connectivity index (χ3v) is 7.27. The first-order valence-corrected chi connectivity index (χ1v) is 11.9. The van der Waals surface area contributed by atoms with E-state index in [4.69, 9.17) is 28.9 Å². The summed E-state index contributed by atoms with van der Waals surface area (Å²) < 4.78 is 0. The number of carbonyl (C=O) groups excluding carboxylic acids is 1. The number of rotatable bonds is 4. The van der Waals surface area contributed by atoms with Gasteiger partial charge < -0.3 is 15.5 Å². The van der Waals surface area contributed by atoms with Crippen LogP contribution in [0.5, 0.6) is 0 Å². The van der Waals surface area contributed by atoms with Gasteiger partial charge in [0.25, 0.3) is 0 Å². The highest BCUT2D eigenvalue weighted by Crippen LogP contribution is 2.32. The van der Waals surface area contributed by atoms with Crippen molar-refractivity contribution in [3.63, 3.8) is 0 Å². The van der Waals surface area contributed by atoms with Gasteiger partial charge in [-0.1, -0.05) is 41.4 Å². The smallest absolute Gasteiger partial charge is 0.244 e. The van der Waals surface area contributed by atoms with Crippen molar-refractivity contribution in [1.82, 2.24) is 19.8 Å². The van der Waals surface area contributed by atoms with Crippen LogP contribution in [-0.2, 0) is 4.79 Å². The van der Waals surface area contributed by atoms with Gasteiger partial charge in [0.05, 0.1) is 15.6 Å². The quantitative estimate of drug-likeness (QED) is 0.611. The highest BCUT2D eigenvalue weighted by molar-refractivity contribution is 6.42. The van der Waals surface area contributed by atoms with Crippen LogP contribution in [0.25, 0.3) is 10.9 Å². The Labute approximate surface area is 203 Å². The SMILES string of the molecule is NC1CCN(C(C(=O)N2CCN(c3ncnc4ccccc34)CC2)c2ccc(Cl)c(Cl)c2)C1. The van der Waals surface area contributed by atoms with Crippen LogP contribution in [0, 0.1) is 0 Å². The predicted octanol–water partition coefficient (Wildman–Crippen LogP) is 3.36. The third kappa shape index (κ3) is 4.51. The number of hydrogen-bond donors (Lipinski definition) is 1. The Morgan fingerprint density at radius 2 is 1.79 bits per heavy atom. The summed E-state index contributed by atoms with van der Waals surface area (Å²) in [6, 6.07) is 13.1. The van der Waals surface area contributed by atoms with E-state index in [1.807, 2.05) is 35.2 Å². The maximum atomic E-state index is 13.8. The Bertz CT molecular complexity index is 1160. The van der Waals surface area contributed by atoms with Gasteiger partial charge in [-0.15, -0.1) is 0 Å². The molecule has 2 aliphatic heterocycles. The van der Waals surface area contributed by atoms with E-state index in [1.165, 1.54) is 0 Å². The average Bonchev–Trinajstić information content (AvgIpc) is 3.26. The lowest BCUT2D eigenvalue weighted by Gasteiger charge is -2.39. The standard InChI is InChI=1S/C24H26Cl2N6O/c25-19-6-5-16(13-20(19)26)22(32-8-7-17(27)14-32)24(33)31-11-9-30(10-12-31)23-18-3-1-2-4-21(18)28-15-29-23/h1-6,13,15,17,22H,7-12,14,27H2. The Morgan fingerprint density at radius 3 is 2.52 bits per heavy atom. The maximum absolute atomic E-state index is 13.8. The van der Waals surface area contributed by atoms with E-state index in [0.717, 1.165) is 35.2 Å². The molecule has 2 aliphatic rings. The van der Waals surface area contributed by atoms with Crippen LogP contribution < -0.4 is 10.6 Å². The van der Waals surface area contributed by atoms with E-state index in [0.29, 0.717) is 42.8 Å². The molecule has 33 heavy (non-hydrogen) atoms. The van der Waals surface area contributed by atoms with Crippen molar-refractivity contribution in [2.24, 2.45) is 5.73 Å². The molecule has 1 amide bonds. The number of para-hydroxylation sites is 1. The molecule has 0 spiro atoms. The van der Waals surface area contributed by atoms with Gasteiger partial charge >= 0.3 is 0 Å². The Hall–Kier alpha value is -2.45. The molecule has 2 N–H and O–H groups in total. The van der Waals surface area contributed by atoms with E-state index in [2.05, 4.69) is 19.8 Å². The fraction of sp³-hybridized carbons (Fsp3) is 0.375. The van der Waals surface area contributed by atoms with Gasteiger partial charge in [0, 0.05) is 50.7 Å². The zero-order valence-electron chi connectivity index (χ0n) is 18.2. The topological polar surface area (TPSA) is 78.6 Å². The van der Waals surface area contributed by atoms with E-state index < -0.39 is 6.04 Å². The molecule has 0 aliphatic carbocycles. The molecule has 3 aromatic rings. The molecule has 0 radical (unpaired) electrons. The summed E-state index contributed by atoms with van der Waals surface area (Å²) in [5.74, 6) is 0.994. The van der Waals surface area contributed by atoms with E-state index >= 15 is 0 Å². The van der Waals surface area contributed by atoms with Crippen LogP contribution in [0.2, 0.25) is 10.0 Å². The van der Waals surface area contributed by atoms with E-state index in [9.17, 15) is 4.79 Å². The summed E-state index contributed by atoms with van der Waals surface area (Å²) in [7, 11) is 0. The molecular formula is C24H26Cl2N6O. The van der Waals surface area contributed by atoms with Crippen LogP contribution in [0.1, 0.15) is 18.0 Å². The minimum absolute atomic E-state index is 0.0750. The first kappa shape index (κ1) is 22.3. The van der Waals surface area contributed by atoms with E-state index in [-0.39, 0.29) is 11.9 Å². The molecule has 5 rings (SSSR count). The van der Waals surface area contributed by atoms with Crippen LogP contribution in [0.15, 0.2) is 48.8 Å². The number of aromatic nitrogens is 2. The molecule has 2 atom stereocenters. The molecular weight excluding hydrogens is 459 g/mol. The molecule has 9 heteroatoms. The summed E-state index contributed by atoms with van der Waals surface area (Å²) >= 11 is 12.4. The lowest BCUT2D eigenvalue weighted by atomic mass is 10.0. The minimum Gasteiger partial charge on any atom is -0.352 e. The predicted molar refractivity (Wildman–Crippen MR) is 132 cm³/mol. The molecule has 2 aromatic carbocycles. The number of piperazine rings is 1. The number of halogens is 2. The van der Waals surface area contributed by atoms with Gasteiger partial charge in [0.1, 0.15) is 18.2 Å². The number of amides is 1. The molecule has 1 aromatic heterocycles. The van der Waals surface area contributed by atoms with Gasteiger partial charge in [-0.2, -0.15) is 0 Å². The number of nitrogens with two attached hydrogens (primary N) is 1. The summed E-state index contributed by atoms with van der Waals surface area (Å²) in [6.07, 6.45) is 2.48. The molecule has 0 saturated carbocycles. The first-order chi connectivity index (χ1) is 16.0. The number of anilines is 1. The lowest BCUT2D eigenvalue weighted by molar-refractivity contribution is -0.137. The highest BCUT2D eigenvalue weighted by Gasteiger charge is 2.36. The minimum atomic E-state index is -0.417. The van der Waals surface area contributed by atoms with Gasteiger partial charge in [-0.05, 0) is 36.2 Å². The first-order valence-electron chi connectivity index (χ1n) is 11.2. The summed E-state index contributed by atoms with van der Waals surface area (Å²) in [6.45, 7) is 4.12. The number of likely N-dealkylation sites (tertiary alicyclic amines) is 1. The second-order valence-corrected chi connectivity index (χ2v) is 9.46. The molecule has 2 fully saturated rings. The number of hydrogen-bond acceptors (Lipinski definition) is 6. The van der Waals surface area contributed by atoms with Crippen LogP contribution in [-0.4, -0.2) is 71.0 Å². The van der Waals surface area contributed by atoms with Crippen molar-refractivity contribution >= 4 is 45.8 Å². The normalized spacial score (nSPS) is 20.4. The average molecular weight is 485 g/mol. The summed E-state index contributed by atoms with van der Waals surface area (Å²) in [5, 5.41) is 1.96. The van der Waals surface area contributed by atoms with Crippen molar-refractivity contribution in [2.45, 2.75) is 18.5 Å². The van der Waals surface area contributed by atoms with Crippen LogP contribution in [0.4, 0.5) is 5.82 Å². The Morgan fingerprint density at radius 1 is 1.00 bits per heavy atom. The summed E-state index contributed by atoms with van der Waals surface area (Å²) in [4.78, 5) is 29.0. The highest BCUT2D eigenvalue weighted by atomic mass is 35.5. The molecule has 2 saturated heterocycles.